The maximum Gasteiger partial charge on any atom is 0.282 e. The first-order chi connectivity index (χ1) is 13.4. The summed E-state index contributed by atoms with van der Waals surface area (Å²) in [7, 11) is 0. The zero-order valence-corrected chi connectivity index (χ0v) is 14.7. The fourth-order valence-corrected chi connectivity index (χ4v) is 3.00. The van der Waals surface area contributed by atoms with E-state index >= 15 is 0 Å². The average Bonchev–Trinajstić information content (AvgIpc) is 3.10. The van der Waals surface area contributed by atoms with Crippen LogP contribution in [0.2, 0.25) is 0 Å². The predicted octanol–water partition coefficient (Wildman–Crippen LogP) is 2.73. The molecule has 0 aromatic heterocycles. The van der Waals surface area contributed by atoms with Crippen LogP contribution in [0.3, 0.4) is 0 Å². The molecule has 1 aliphatic rings. The Hall–Kier alpha value is -3.82. The van der Waals surface area contributed by atoms with Crippen molar-refractivity contribution in [2.24, 2.45) is 0 Å². The zero-order chi connectivity index (χ0) is 20.3. The Morgan fingerprint density at radius 2 is 1.71 bits per heavy atom. The molecule has 0 N–H and O–H groups in total. The number of likely N-dealkylation sites (tertiary alicyclic amines) is 1. The normalized spacial score (nSPS) is 13.4. The Labute approximate surface area is 159 Å². The number of carbonyl (C=O) groups is 2. The van der Waals surface area contributed by atoms with Gasteiger partial charge in [-0.05, 0) is 24.6 Å². The summed E-state index contributed by atoms with van der Waals surface area (Å²) in [5, 5.41) is 22.2. The summed E-state index contributed by atoms with van der Waals surface area (Å²) >= 11 is 0. The number of nitro groups is 2. The molecule has 1 heterocycles. The molecule has 1 aliphatic heterocycles. The molecule has 1 fully saturated rings. The number of anilines is 1. The largest absolute Gasteiger partial charge is 0.324 e. The minimum absolute atomic E-state index is 0.0957. The first-order valence-corrected chi connectivity index (χ1v) is 8.46. The van der Waals surface area contributed by atoms with Crippen molar-refractivity contribution in [3.63, 3.8) is 0 Å². The molecule has 10 nitrogen and oxygen atoms in total. The quantitative estimate of drug-likeness (QED) is 0.556. The number of amides is 2. The first-order valence-electron chi connectivity index (χ1n) is 8.46. The number of hydrogen-bond acceptors (Lipinski definition) is 6. The molecule has 1 saturated heterocycles. The van der Waals surface area contributed by atoms with Crippen LogP contribution in [0.15, 0.2) is 48.5 Å². The summed E-state index contributed by atoms with van der Waals surface area (Å²) in [6, 6.07) is 10.8. The number of nitrogens with zero attached hydrogens (tertiary/aromatic N) is 4. The van der Waals surface area contributed by atoms with E-state index in [-0.39, 0.29) is 29.5 Å². The van der Waals surface area contributed by atoms with E-state index in [1.807, 2.05) is 0 Å². The van der Waals surface area contributed by atoms with Crippen LogP contribution in [-0.2, 0) is 4.79 Å². The summed E-state index contributed by atoms with van der Waals surface area (Å²) in [5.74, 6) is -0.789. The van der Waals surface area contributed by atoms with Gasteiger partial charge in [0.25, 0.3) is 17.3 Å². The van der Waals surface area contributed by atoms with Gasteiger partial charge in [0.15, 0.2) is 0 Å². The zero-order valence-electron chi connectivity index (χ0n) is 14.7. The molecule has 0 radical (unpaired) electrons. The number of non-ortho nitro benzene ring substituents is 1. The molecular formula is C18H16N4O6. The Morgan fingerprint density at radius 3 is 2.29 bits per heavy atom. The Balaban J connectivity index is 2.00. The molecular weight excluding hydrogens is 368 g/mol. The third kappa shape index (κ3) is 3.80. The van der Waals surface area contributed by atoms with Crippen LogP contribution in [-0.4, -0.2) is 39.8 Å². The van der Waals surface area contributed by atoms with E-state index in [2.05, 4.69) is 0 Å². The fourth-order valence-electron chi connectivity index (χ4n) is 3.00. The van der Waals surface area contributed by atoms with Gasteiger partial charge in [0.2, 0.25) is 5.91 Å². The van der Waals surface area contributed by atoms with Gasteiger partial charge in [-0.2, -0.15) is 0 Å². The van der Waals surface area contributed by atoms with E-state index in [4.69, 9.17) is 0 Å². The van der Waals surface area contributed by atoms with E-state index in [9.17, 15) is 29.8 Å². The highest BCUT2D eigenvalue weighted by molar-refractivity contribution is 6.08. The molecule has 0 spiro atoms. The van der Waals surface area contributed by atoms with Crippen molar-refractivity contribution in [1.82, 2.24) is 4.90 Å². The van der Waals surface area contributed by atoms with E-state index in [1.165, 1.54) is 58.3 Å². The van der Waals surface area contributed by atoms with Gasteiger partial charge in [0.1, 0.15) is 12.2 Å². The van der Waals surface area contributed by atoms with E-state index in [0.29, 0.717) is 25.1 Å². The van der Waals surface area contributed by atoms with Crippen molar-refractivity contribution < 1.29 is 19.4 Å². The van der Waals surface area contributed by atoms with Crippen LogP contribution in [0.5, 0.6) is 0 Å². The fraction of sp³-hybridized carbons (Fsp3) is 0.222. The highest BCUT2D eigenvalue weighted by atomic mass is 16.6. The second-order valence-electron chi connectivity index (χ2n) is 6.18. The summed E-state index contributed by atoms with van der Waals surface area (Å²) in [5.41, 5.74) is -0.336. The Bertz CT molecular complexity index is 943. The highest BCUT2D eigenvalue weighted by Gasteiger charge is 2.30. The second-order valence-corrected chi connectivity index (χ2v) is 6.18. The number of nitro benzene ring substituents is 2. The molecule has 144 valence electrons. The number of carbonyl (C=O) groups excluding carboxylic acids is 2. The lowest BCUT2D eigenvalue weighted by Crippen LogP contribution is -2.42. The maximum absolute atomic E-state index is 13.1. The Kier molecular flexibility index (Phi) is 5.30. The van der Waals surface area contributed by atoms with Crippen molar-refractivity contribution in [3.05, 3.63) is 74.3 Å². The van der Waals surface area contributed by atoms with Crippen LogP contribution in [0, 0.1) is 20.2 Å². The summed E-state index contributed by atoms with van der Waals surface area (Å²) < 4.78 is 0. The maximum atomic E-state index is 13.1. The Morgan fingerprint density at radius 1 is 1.04 bits per heavy atom. The van der Waals surface area contributed by atoms with E-state index in [0.717, 1.165) is 0 Å². The number of hydrogen-bond donors (Lipinski definition) is 0. The summed E-state index contributed by atoms with van der Waals surface area (Å²) in [6.07, 6.45) is 1.03. The van der Waals surface area contributed by atoms with Crippen LogP contribution < -0.4 is 4.90 Å². The summed E-state index contributed by atoms with van der Waals surface area (Å²) in [6.45, 7) is 0.369. The number of benzene rings is 2. The van der Waals surface area contributed by atoms with Crippen molar-refractivity contribution in [1.29, 1.82) is 0 Å². The lowest BCUT2D eigenvalue weighted by molar-refractivity contribution is -0.385. The standard InChI is InChI=1S/C18H16N4O6/c23-17-6-3-11-19(17)12-20(13-7-9-14(10-8-13)21(25)26)18(24)15-4-1-2-5-16(15)22(27)28/h1-2,4-5,7-10H,3,6,11-12H2. The molecule has 10 heteroatoms. The molecule has 2 aromatic rings. The van der Waals surface area contributed by atoms with E-state index < -0.39 is 15.8 Å². The molecule has 2 amide bonds. The summed E-state index contributed by atoms with van der Waals surface area (Å²) in [4.78, 5) is 48.8. The van der Waals surface area contributed by atoms with Gasteiger partial charge in [-0.15, -0.1) is 0 Å². The van der Waals surface area contributed by atoms with Gasteiger partial charge in [-0.3, -0.25) is 34.7 Å². The smallest absolute Gasteiger partial charge is 0.282 e. The molecule has 0 bridgehead atoms. The van der Waals surface area contributed by atoms with Crippen LogP contribution in [0.4, 0.5) is 17.1 Å². The van der Waals surface area contributed by atoms with Gasteiger partial charge < -0.3 is 4.90 Å². The van der Waals surface area contributed by atoms with Crippen molar-refractivity contribution in [2.45, 2.75) is 12.8 Å². The molecule has 0 saturated carbocycles. The van der Waals surface area contributed by atoms with Gasteiger partial charge in [0.05, 0.1) is 9.85 Å². The van der Waals surface area contributed by atoms with Gasteiger partial charge in [-0.1, -0.05) is 12.1 Å². The first kappa shape index (κ1) is 19.0. The lowest BCUT2D eigenvalue weighted by atomic mass is 10.1. The lowest BCUT2D eigenvalue weighted by Gasteiger charge is -2.28. The molecule has 0 aliphatic carbocycles. The predicted molar refractivity (Wildman–Crippen MR) is 98.8 cm³/mol. The topological polar surface area (TPSA) is 127 Å². The second kappa shape index (κ2) is 7.82. The van der Waals surface area contributed by atoms with Crippen LogP contribution in [0.1, 0.15) is 23.2 Å². The number of rotatable bonds is 6. The minimum Gasteiger partial charge on any atom is -0.324 e. The third-order valence-electron chi connectivity index (χ3n) is 4.43. The molecule has 0 unspecified atom stereocenters. The number of para-hydroxylation sites is 1. The molecule has 2 aromatic carbocycles. The van der Waals surface area contributed by atoms with Crippen LogP contribution >= 0.6 is 0 Å². The third-order valence-corrected chi connectivity index (χ3v) is 4.43. The van der Waals surface area contributed by atoms with Crippen molar-refractivity contribution in [2.75, 3.05) is 18.1 Å². The van der Waals surface area contributed by atoms with Gasteiger partial charge in [0, 0.05) is 36.9 Å². The molecule has 28 heavy (non-hydrogen) atoms. The van der Waals surface area contributed by atoms with Crippen molar-refractivity contribution in [3.8, 4) is 0 Å². The van der Waals surface area contributed by atoms with Crippen LogP contribution in [0.25, 0.3) is 0 Å². The molecule has 3 rings (SSSR count). The molecule has 0 atom stereocenters. The minimum atomic E-state index is -0.666. The van der Waals surface area contributed by atoms with Gasteiger partial charge >= 0.3 is 0 Å². The monoisotopic (exact) mass is 384 g/mol. The SMILES string of the molecule is O=C1CCCN1CN(C(=O)c1ccccc1[N+](=O)[O-])c1ccc([N+](=O)[O-])cc1. The van der Waals surface area contributed by atoms with Crippen molar-refractivity contribution >= 4 is 28.9 Å². The van der Waals surface area contributed by atoms with E-state index in [1.54, 1.807) is 0 Å². The average molecular weight is 384 g/mol. The van der Waals surface area contributed by atoms with Gasteiger partial charge in [-0.25, -0.2) is 0 Å². The highest BCUT2D eigenvalue weighted by Crippen LogP contribution is 2.26.